The van der Waals surface area contributed by atoms with Crippen molar-refractivity contribution < 1.29 is 13.2 Å². The first kappa shape index (κ1) is 22.2. The van der Waals surface area contributed by atoms with Crippen molar-refractivity contribution in [1.29, 1.82) is 0 Å². The Morgan fingerprint density at radius 3 is 2.34 bits per heavy atom. The van der Waals surface area contributed by atoms with E-state index < -0.39 is 10.0 Å². The summed E-state index contributed by atoms with van der Waals surface area (Å²) >= 11 is 0. The summed E-state index contributed by atoms with van der Waals surface area (Å²) in [5, 5.41) is 3.06. The maximum Gasteiger partial charge on any atom is 0.243 e. The van der Waals surface area contributed by atoms with Crippen molar-refractivity contribution in [2.75, 3.05) is 32.7 Å². The zero-order chi connectivity index (χ0) is 20.9. The molecule has 162 valence electrons. The van der Waals surface area contributed by atoms with Crippen molar-refractivity contribution in [3.8, 4) is 0 Å². The molecule has 6 nitrogen and oxygen atoms in total. The zero-order valence-corrected chi connectivity index (χ0v) is 18.6. The molecule has 7 heteroatoms. The molecule has 1 atom stereocenters. The molecular formula is C22H35N3O3S. The number of benzene rings is 1. The quantitative estimate of drug-likeness (QED) is 0.701. The van der Waals surface area contributed by atoms with Crippen LogP contribution in [-0.2, 0) is 14.8 Å². The average Bonchev–Trinajstić information content (AvgIpc) is 3.24. The van der Waals surface area contributed by atoms with E-state index in [1.165, 1.54) is 25.9 Å². The van der Waals surface area contributed by atoms with E-state index in [1.807, 2.05) is 19.1 Å². The summed E-state index contributed by atoms with van der Waals surface area (Å²) in [6, 6.07) is 7.53. The molecule has 2 heterocycles. The highest BCUT2D eigenvalue weighted by atomic mass is 32.2. The Labute approximate surface area is 175 Å². The number of carbonyl (C=O) groups is 1. The number of hydrogen-bond acceptors (Lipinski definition) is 4. The number of amides is 1. The Bertz CT molecular complexity index is 765. The van der Waals surface area contributed by atoms with Gasteiger partial charge in [-0.2, -0.15) is 4.31 Å². The lowest BCUT2D eigenvalue weighted by Crippen LogP contribution is -2.40. The van der Waals surface area contributed by atoms with Gasteiger partial charge in [-0.1, -0.05) is 17.7 Å². The van der Waals surface area contributed by atoms with Crippen LogP contribution in [0.4, 0.5) is 0 Å². The minimum absolute atomic E-state index is 0.0958. The molecule has 3 rings (SSSR count). The smallest absolute Gasteiger partial charge is 0.243 e. The fourth-order valence-electron chi connectivity index (χ4n) is 4.33. The van der Waals surface area contributed by atoms with Gasteiger partial charge in [0.05, 0.1) is 4.90 Å². The molecule has 1 aromatic rings. The van der Waals surface area contributed by atoms with Gasteiger partial charge in [-0.15, -0.1) is 0 Å². The van der Waals surface area contributed by atoms with E-state index in [9.17, 15) is 13.2 Å². The Hall–Kier alpha value is -1.44. The normalized spacial score (nSPS) is 20.6. The number of nitrogens with one attached hydrogen (secondary N) is 1. The maximum atomic E-state index is 12.8. The van der Waals surface area contributed by atoms with Crippen LogP contribution in [0.2, 0.25) is 0 Å². The summed E-state index contributed by atoms with van der Waals surface area (Å²) in [4.78, 5) is 15.1. The van der Waals surface area contributed by atoms with Gasteiger partial charge in [-0.3, -0.25) is 4.79 Å². The molecule has 0 aromatic heterocycles. The third-order valence-electron chi connectivity index (χ3n) is 6.35. The van der Waals surface area contributed by atoms with Gasteiger partial charge in [0.25, 0.3) is 0 Å². The van der Waals surface area contributed by atoms with Crippen LogP contribution >= 0.6 is 0 Å². The molecular weight excluding hydrogens is 386 g/mol. The lowest BCUT2D eigenvalue weighted by atomic mass is 9.94. The highest BCUT2D eigenvalue weighted by molar-refractivity contribution is 7.89. The molecule has 1 N–H and O–H groups in total. The number of hydrogen-bond donors (Lipinski definition) is 1. The van der Waals surface area contributed by atoms with Crippen LogP contribution in [0.5, 0.6) is 0 Å². The van der Waals surface area contributed by atoms with Gasteiger partial charge in [-0.25, -0.2) is 8.42 Å². The van der Waals surface area contributed by atoms with Crippen molar-refractivity contribution >= 4 is 15.9 Å². The molecule has 1 amide bonds. The maximum absolute atomic E-state index is 12.8. The molecule has 0 saturated carbocycles. The summed E-state index contributed by atoms with van der Waals surface area (Å²) in [5.41, 5.74) is 1.04. The zero-order valence-electron chi connectivity index (χ0n) is 17.8. The SMILES string of the molecule is Cc1ccc(S(=O)(=O)N2CCC(CC(=O)NCC[C@@H](C)N3CCCC3)CC2)cc1. The first-order valence-electron chi connectivity index (χ1n) is 10.9. The summed E-state index contributed by atoms with van der Waals surface area (Å²) in [6.45, 7) is 8.23. The number of aryl methyl sites for hydroxylation is 1. The molecule has 0 radical (unpaired) electrons. The van der Waals surface area contributed by atoms with E-state index >= 15 is 0 Å². The van der Waals surface area contributed by atoms with Crippen LogP contribution in [0.3, 0.4) is 0 Å². The number of piperidine rings is 1. The topological polar surface area (TPSA) is 69.7 Å². The largest absolute Gasteiger partial charge is 0.356 e. The highest BCUT2D eigenvalue weighted by Gasteiger charge is 2.30. The standard InChI is InChI=1S/C22H35N3O3S/c1-18-5-7-21(8-6-18)29(27,28)25-15-10-20(11-16-25)17-22(26)23-12-9-19(2)24-13-3-4-14-24/h5-8,19-20H,3-4,9-17H2,1-2H3,(H,23,26)/t19-/m1/s1. The monoisotopic (exact) mass is 421 g/mol. The number of carbonyl (C=O) groups excluding carboxylic acids is 1. The molecule has 0 bridgehead atoms. The lowest BCUT2D eigenvalue weighted by molar-refractivity contribution is -0.122. The predicted octanol–water partition coefficient (Wildman–Crippen LogP) is 2.78. The van der Waals surface area contributed by atoms with Gasteiger partial charge in [0, 0.05) is 32.1 Å². The molecule has 0 unspecified atom stereocenters. The summed E-state index contributed by atoms with van der Waals surface area (Å²) in [7, 11) is -3.43. The van der Waals surface area contributed by atoms with Gasteiger partial charge in [-0.05, 0) is 77.1 Å². The van der Waals surface area contributed by atoms with Gasteiger partial charge >= 0.3 is 0 Å². The third-order valence-corrected chi connectivity index (χ3v) is 8.27. The molecule has 2 saturated heterocycles. The molecule has 0 spiro atoms. The second-order valence-corrected chi connectivity index (χ2v) is 10.5. The van der Waals surface area contributed by atoms with Crippen LogP contribution < -0.4 is 5.32 Å². The van der Waals surface area contributed by atoms with Gasteiger partial charge in [0.15, 0.2) is 0 Å². The molecule has 29 heavy (non-hydrogen) atoms. The molecule has 2 aliphatic heterocycles. The van der Waals surface area contributed by atoms with Crippen LogP contribution in [0.15, 0.2) is 29.2 Å². The number of likely N-dealkylation sites (tertiary alicyclic amines) is 1. The molecule has 0 aliphatic carbocycles. The van der Waals surface area contributed by atoms with Crippen molar-refractivity contribution in [3.05, 3.63) is 29.8 Å². The third kappa shape index (κ3) is 6.03. The minimum Gasteiger partial charge on any atom is -0.356 e. The van der Waals surface area contributed by atoms with E-state index in [4.69, 9.17) is 0 Å². The van der Waals surface area contributed by atoms with E-state index in [-0.39, 0.29) is 11.8 Å². The van der Waals surface area contributed by atoms with E-state index in [0.717, 1.165) is 31.4 Å². The van der Waals surface area contributed by atoms with E-state index in [2.05, 4.69) is 17.1 Å². The van der Waals surface area contributed by atoms with Crippen LogP contribution in [0, 0.1) is 12.8 Å². The minimum atomic E-state index is -3.43. The highest BCUT2D eigenvalue weighted by Crippen LogP contribution is 2.25. The van der Waals surface area contributed by atoms with Crippen LogP contribution in [0.1, 0.15) is 51.0 Å². The van der Waals surface area contributed by atoms with Crippen LogP contribution in [0.25, 0.3) is 0 Å². The first-order valence-corrected chi connectivity index (χ1v) is 12.4. The Kier molecular flexibility index (Phi) is 7.71. The van der Waals surface area contributed by atoms with Crippen molar-refractivity contribution in [1.82, 2.24) is 14.5 Å². The van der Waals surface area contributed by atoms with Crippen LogP contribution in [-0.4, -0.2) is 62.3 Å². The Balaban J connectivity index is 1.39. The van der Waals surface area contributed by atoms with Crippen molar-refractivity contribution in [2.45, 2.75) is 63.3 Å². The van der Waals surface area contributed by atoms with E-state index in [0.29, 0.717) is 30.4 Å². The average molecular weight is 422 g/mol. The Morgan fingerprint density at radius 2 is 1.72 bits per heavy atom. The summed E-state index contributed by atoms with van der Waals surface area (Å²) < 4.78 is 27.1. The van der Waals surface area contributed by atoms with Crippen molar-refractivity contribution in [3.63, 3.8) is 0 Å². The van der Waals surface area contributed by atoms with Gasteiger partial charge in [0.1, 0.15) is 0 Å². The fourth-order valence-corrected chi connectivity index (χ4v) is 5.80. The predicted molar refractivity (Wildman–Crippen MR) is 115 cm³/mol. The van der Waals surface area contributed by atoms with Gasteiger partial charge in [0.2, 0.25) is 15.9 Å². The summed E-state index contributed by atoms with van der Waals surface area (Å²) in [5.74, 6) is 0.355. The lowest BCUT2D eigenvalue weighted by Gasteiger charge is -2.31. The molecule has 1 aromatic carbocycles. The number of nitrogens with zero attached hydrogens (tertiary/aromatic N) is 2. The number of sulfonamides is 1. The van der Waals surface area contributed by atoms with Crippen molar-refractivity contribution in [2.24, 2.45) is 5.92 Å². The second kappa shape index (κ2) is 10.0. The second-order valence-electron chi connectivity index (χ2n) is 8.60. The first-order chi connectivity index (χ1) is 13.9. The Morgan fingerprint density at radius 1 is 1.10 bits per heavy atom. The number of rotatable bonds is 8. The van der Waals surface area contributed by atoms with E-state index in [1.54, 1.807) is 16.4 Å². The molecule has 2 fully saturated rings. The van der Waals surface area contributed by atoms with Gasteiger partial charge < -0.3 is 10.2 Å². The molecule has 2 aliphatic rings. The summed E-state index contributed by atoms with van der Waals surface area (Å²) in [6.07, 6.45) is 5.53. The fraction of sp³-hybridized carbons (Fsp3) is 0.682.